The molecule has 0 bridgehead atoms. The van der Waals surface area contributed by atoms with Crippen LogP contribution in [-0.4, -0.2) is 41.4 Å². The number of imide groups is 1. The lowest BCUT2D eigenvalue weighted by Gasteiger charge is -2.25. The lowest BCUT2D eigenvalue weighted by atomic mass is 10.0. The maximum absolute atomic E-state index is 13.4. The van der Waals surface area contributed by atoms with Crippen LogP contribution in [-0.2, 0) is 30.2 Å². The van der Waals surface area contributed by atoms with E-state index in [0.29, 0.717) is 35.0 Å². The van der Waals surface area contributed by atoms with Crippen LogP contribution in [0.2, 0.25) is 0 Å². The van der Waals surface area contributed by atoms with Gasteiger partial charge >= 0.3 is 24.1 Å². The summed E-state index contributed by atoms with van der Waals surface area (Å²) in [4.78, 5) is 51.3. The minimum Gasteiger partial charge on any atom is -0.457 e. The Kier molecular flexibility index (Phi) is 10.2. The van der Waals surface area contributed by atoms with Gasteiger partial charge in [0.05, 0.1) is 11.4 Å². The second-order valence-corrected chi connectivity index (χ2v) is 12.1. The Morgan fingerprint density at radius 1 is 1.03 bits per heavy atom. The number of alkyl carbamates (subject to hydrolysis) is 1. The van der Waals surface area contributed by atoms with Crippen molar-refractivity contribution in [1.82, 2.24) is 5.32 Å². The number of rotatable bonds is 8. The number of para-hydroxylation sites is 2. The third-order valence-electron chi connectivity index (χ3n) is 6.34. The molecule has 3 amide bonds. The first kappa shape index (κ1) is 28.8. The van der Waals surface area contributed by atoms with Gasteiger partial charge in [-0.05, 0) is 37.0 Å². The molecule has 0 radical (unpaired) electrons. The summed E-state index contributed by atoms with van der Waals surface area (Å²) in [6.07, 6.45) is 1.70. The van der Waals surface area contributed by atoms with Crippen molar-refractivity contribution in [2.24, 2.45) is 0 Å². The van der Waals surface area contributed by atoms with Crippen molar-refractivity contribution < 1.29 is 33.4 Å². The number of carbonyl (C=O) groups is 4. The van der Waals surface area contributed by atoms with Crippen molar-refractivity contribution in [2.75, 3.05) is 10.7 Å². The summed E-state index contributed by atoms with van der Waals surface area (Å²) in [5, 5.41) is 2.88. The van der Waals surface area contributed by atoms with Gasteiger partial charge in [0.2, 0.25) is 6.29 Å². The Hall–Kier alpha value is -3.18. The number of nitrogens with zero attached hydrogens (tertiary/aromatic N) is 1. The molecule has 2 aliphatic heterocycles. The van der Waals surface area contributed by atoms with Crippen LogP contribution in [0.1, 0.15) is 63.2 Å². The largest absolute Gasteiger partial charge is 0.457 e. The van der Waals surface area contributed by atoms with Gasteiger partial charge in [0.1, 0.15) is 6.10 Å². The lowest BCUT2D eigenvalue weighted by Crippen LogP contribution is -2.42. The Balaban J connectivity index is 1.36. The molecule has 2 aliphatic rings. The van der Waals surface area contributed by atoms with Gasteiger partial charge in [0, 0.05) is 43.3 Å². The molecule has 11 heteroatoms. The molecule has 2 aromatic carbocycles. The van der Waals surface area contributed by atoms with Crippen LogP contribution in [0, 0.1) is 0 Å². The summed E-state index contributed by atoms with van der Waals surface area (Å²) < 4.78 is 15.9. The Morgan fingerprint density at radius 3 is 2.51 bits per heavy atom. The average Bonchev–Trinajstić information content (AvgIpc) is 3.36. The molecule has 0 aliphatic carbocycles. The highest BCUT2D eigenvalue weighted by Crippen LogP contribution is 2.42. The van der Waals surface area contributed by atoms with Crippen LogP contribution < -0.4 is 10.2 Å². The first-order valence-corrected chi connectivity index (χ1v) is 15.3. The fraction of sp³-hybridized carbons (Fsp3) is 0.429. The summed E-state index contributed by atoms with van der Waals surface area (Å²) >= 11 is 0. The van der Waals surface area contributed by atoms with Crippen molar-refractivity contribution in [2.45, 2.75) is 70.0 Å². The zero-order valence-corrected chi connectivity index (χ0v) is 23.6. The number of unbranched alkanes of at least 4 members (excludes halogenated alkanes) is 1. The Morgan fingerprint density at radius 2 is 1.77 bits per heavy atom. The average molecular weight is 573 g/mol. The summed E-state index contributed by atoms with van der Waals surface area (Å²) in [7, 11) is 3.81. The zero-order chi connectivity index (χ0) is 27.8. The highest BCUT2D eigenvalue weighted by atomic mass is 33.1. The van der Waals surface area contributed by atoms with E-state index in [2.05, 4.69) is 5.32 Å². The molecular weight excluding hydrogens is 540 g/mol. The first-order chi connectivity index (χ1) is 18.8. The number of benzene rings is 2. The monoisotopic (exact) mass is 572 g/mol. The molecule has 39 heavy (non-hydrogen) atoms. The van der Waals surface area contributed by atoms with Crippen molar-refractivity contribution >= 4 is 57.0 Å². The molecular formula is C28H32N2O7S2. The molecule has 0 saturated carbocycles. The van der Waals surface area contributed by atoms with Gasteiger partial charge in [0.25, 0.3) is 0 Å². The first-order valence-electron chi connectivity index (χ1n) is 13.0. The molecule has 1 saturated heterocycles. The highest BCUT2D eigenvalue weighted by Gasteiger charge is 2.32. The van der Waals surface area contributed by atoms with E-state index >= 15 is 0 Å². The molecule has 0 aromatic heterocycles. The number of urea groups is 1. The van der Waals surface area contributed by atoms with E-state index in [1.165, 1.54) is 30.9 Å². The maximum atomic E-state index is 13.4. The summed E-state index contributed by atoms with van der Waals surface area (Å²) in [5.74, 6) is 0.286. The number of carbonyl (C=O) groups excluding carboxylic acids is 4. The number of hydrogen-bond acceptors (Lipinski definition) is 9. The zero-order valence-electron chi connectivity index (χ0n) is 21.9. The van der Waals surface area contributed by atoms with Crippen molar-refractivity contribution in [3.8, 4) is 0 Å². The molecule has 4 rings (SSSR count). The van der Waals surface area contributed by atoms with E-state index in [1.54, 1.807) is 36.4 Å². The minimum atomic E-state index is -1.16. The standard InChI is InChI=1S/C28H32N2O7S2/c1-18(31)35-25-17-20-9-3-6-12-23(20)30(24-13-7-5-11-22(24)25)27(33)29-28(34)37-19(2)36-26(32)14-8-4-10-21-15-16-38-39-21/h3,5-7,9,11-13,19,21,25H,4,8,10,14-17H2,1-2H3,(H,29,33,34)/t19?,21-,25+/m1/s1. The number of amides is 3. The predicted octanol–water partition coefficient (Wildman–Crippen LogP) is 6.43. The number of hydrogen-bond donors (Lipinski definition) is 1. The fourth-order valence-electron chi connectivity index (χ4n) is 4.63. The topological polar surface area (TPSA) is 111 Å². The van der Waals surface area contributed by atoms with Crippen molar-refractivity contribution in [3.05, 3.63) is 59.7 Å². The van der Waals surface area contributed by atoms with Crippen LogP contribution in [0.3, 0.4) is 0 Å². The van der Waals surface area contributed by atoms with Gasteiger partial charge < -0.3 is 14.2 Å². The van der Waals surface area contributed by atoms with Gasteiger partial charge in [-0.25, -0.2) is 14.9 Å². The fourth-order valence-corrected chi connectivity index (χ4v) is 7.65. The molecule has 2 heterocycles. The van der Waals surface area contributed by atoms with E-state index in [4.69, 9.17) is 14.2 Å². The van der Waals surface area contributed by atoms with Gasteiger partial charge in [-0.15, -0.1) is 0 Å². The second kappa shape index (κ2) is 13.7. The van der Waals surface area contributed by atoms with Crippen LogP contribution in [0.25, 0.3) is 0 Å². The molecule has 3 atom stereocenters. The van der Waals surface area contributed by atoms with Gasteiger partial charge in [-0.3, -0.25) is 14.5 Å². The van der Waals surface area contributed by atoms with E-state index in [0.717, 1.165) is 18.4 Å². The quantitative estimate of drug-likeness (QED) is 0.165. The van der Waals surface area contributed by atoms with Crippen molar-refractivity contribution in [1.29, 1.82) is 0 Å². The molecule has 2 aromatic rings. The van der Waals surface area contributed by atoms with Crippen LogP contribution in [0.4, 0.5) is 21.0 Å². The molecule has 9 nitrogen and oxygen atoms in total. The second-order valence-electron chi connectivity index (χ2n) is 9.29. The van der Waals surface area contributed by atoms with Gasteiger partial charge in [-0.1, -0.05) is 64.4 Å². The van der Waals surface area contributed by atoms with E-state index < -0.39 is 36.5 Å². The van der Waals surface area contributed by atoms with E-state index in [-0.39, 0.29) is 6.42 Å². The normalized spacial score (nSPS) is 18.7. The summed E-state index contributed by atoms with van der Waals surface area (Å²) in [5.41, 5.74) is 2.39. The van der Waals surface area contributed by atoms with Gasteiger partial charge in [-0.2, -0.15) is 0 Å². The Labute approximate surface area is 235 Å². The van der Waals surface area contributed by atoms with E-state index in [1.807, 2.05) is 33.7 Å². The molecule has 1 unspecified atom stereocenters. The number of anilines is 2. The number of nitrogens with one attached hydrogen (secondary N) is 1. The van der Waals surface area contributed by atoms with Crippen molar-refractivity contribution in [3.63, 3.8) is 0 Å². The van der Waals surface area contributed by atoms with Crippen LogP contribution in [0.15, 0.2) is 48.5 Å². The third-order valence-corrected chi connectivity index (χ3v) is 9.34. The maximum Gasteiger partial charge on any atom is 0.418 e. The Bertz CT molecular complexity index is 1200. The molecule has 1 fully saturated rings. The van der Waals surface area contributed by atoms with E-state index in [9.17, 15) is 19.2 Å². The SMILES string of the molecule is CC(=O)O[C@H]1Cc2ccccc2N(C(=O)NC(=O)OC(C)OC(=O)CCCC[C@@H]2CCSS2)c2ccccc21. The molecule has 1 N–H and O–H groups in total. The minimum absolute atomic E-state index is 0.240. The molecule has 0 spiro atoms. The third kappa shape index (κ3) is 7.92. The summed E-state index contributed by atoms with van der Waals surface area (Å²) in [6.45, 7) is 2.76. The van der Waals surface area contributed by atoms with Gasteiger partial charge in [0.15, 0.2) is 0 Å². The number of fused-ring (bicyclic) bond motifs is 2. The summed E-state index contributed by atoms with van der Waals surface area (Å²) in [6, 6.07) is 13.5. The molecule has 208 valence electrons. The lowest BCUT2D eigenvalue weighted by molar-refractivity contribution is -0.164. The number of ether oxygens (including phenoxy) is 3. The highest BCUT2D eigenvalue weighted by molar-refractivity contribution is 8.77. The van der Waals surface area contributed by atoms with Crippen LogP contribution in [0.5, 0.6) is 0 Å². The van der Waals surface area contributed by atoms with Crippen LogP contribution >= 0.6 is 21.6 Å². The predicted molar refractivity (Wildman–Crippen MR) is 151 cm³/mol. The smallest absolute Gasteiger partial charge is 0.418 e. The number of esters is 2.